The number of nitrogens with one attached hydrogen (secondary N) is 1. The second-order valence-electron chi connectivity index (χ2n) is 9.25. The Morgan fingerprint density at radius 3 is 2.56 bits per heavy atom. The molecule has 0 bridgehead atoms. The van der Waals surface area contributed by atoms with Crippen LogP contribution < -0.4 is 10.2 Å². The highest BCUT2D eigenvalue weighted by atomic mass is 35.5. The lowest BCUT2D eigenvalue weighted by Crippen LogP contribution is -2.36. The summed E-state index contributed by atoms with van der Waals surface area (Å²) in [6, 6.07) is 6.18. The molecule has 0 aromatic heterocycles. The van der Waals surface area contributed by atoms with Crippen molar-refractivity contribution in [1.82, 2.24) is 0 Å². The second kappa shape index (κ2) is 12.8. The van der Waals surface area contributed by atoms with Gasteiger partial charge < -0.3 is 14.8 Å². The lowest BCUT2D eigenvalue weighted by molar-refractivity contribution is 0.0591. The number of benzene rings is 2. The van der Waals surface area contributed by atoms with Gasteiger partial charge in [-0.3, -0.25) is 0 Å². The average Bonchev–Trinajstić information content (AvgIpc) is 3.32. The van der Waals surface area contributed by atoms with Gasteiger partial charge in [0.25, 0.3) is 0 Å². The number of nitrogens with zero attached hydrogens (tertiary/aromatic N) is 2. The molecule has 0 fully saturated rings. The Balaban J connectivity index is 1.97. The van der Waals surface area contributed by atoms with E-state index in [0.717, 1.165) is 16.5 Å². The van der Waals surface area contributed by atoms with E-state index in [1.165, 1.54) is 23.8 Å². The molecule has 1 unspecified atom stereocenters. The Kier molecular flexibility index (Phi) is 9.92. The third-order valence-electron chi connectivity index (χ3n) is 5.13. The SMILES string of the molecule is CCOC=Cc1ccc(F)c(C(C)Nc2cc(F)c(N(C(=O)OC(C)(C)C)C3=C[S@](=S(=O)=O)C=N3)cc2Cl)c1. The number of hydrogen-bond donors (Lipinski definition) is 1. The van der Waals surface area contributed by atoms with Crippen LogP contribution in [-0.4, -0.2) is 32.3 Å². The first-order valence-corrected chi connectivity index (χ1v) is 15.1. The zero-order chi connectivity index (χ0) is 28.9. The van der Waals surface area contributed by atoms with E-state index in [-0.39, 0.29) is 22.2 Å². The highest BCUT2D eigenvalue weighted by Gasteiger charge is 2.31. The standard InChI is InChI=1S/C26H28ClF2N3O5S2/c1-6-36-10-9-17-7-8-20(28)18(11-17)16(2)31-22-13-21(29)23(12-19(22)27)32(25(33)37-26(3,4)5)24-14-38(15-30-24)39(34)35/h7-16,31H,6H2,1-5H3/t16?,38-/m0/s1. The van der Waals surface area contributed by atoms with E-state index in [0.29, 0.717) is 17.7 Å². The van der Waals surface area contributed by atoms with Gasteiger partial charge in [0, 0.05) is 26.5 Å². The van der Waals surface area contributed by atoms with Gasteiger partial charge in [0.15, 0.2) is 5.82 Å². The third-order valence-corrected chi connectivity index (χ3v) is 8.01. The topological polar surface area (TPSA) is 97.3 Å². The number of ether oxygens (including phenoxy) is 2. The lowest BCUT2D eigenvalue weighted by atomic mass is 10.0. The lowest BCUT2D eigenvalue weighted by Gasteiger charge is -2.27. The molecule has 3 rings (SSSR count). The fraction of sp³-hybridized carbons (Fsp3) is 0.308. The molecule has 0 radical (unpaired) electrons. The molecule has 0 saturated carbocycles. The minimum Gasteiger partial charge on any atom is -0.501 e. The van der Waals surface area contributed by atoms with E-state index in [9.17, 15) is 17.6 Å². The summed E-state index contributed by atoms with van der Waals surface area (Å²) in [7, 11) is -3.91. The normalized spacial score (nSPS) is 15.7. The molecule has 1 aliphatic heterocycles. The minimum absolute atomic E-state index is 0.0218. The van der Waals surface area contributed by atoms with Crippen LogP contribution in [0.25, 0.3) is 6.08 Å². The average molecular weight is 600 g/mol. The zero-order valence-electron chi connectivity index (χ0n) is 21.9. The molecule has 2 aromatic rings. The van der Waals surface area contributed by atoms with Crippen molar-refractivity contribution in [1.29, 1.82) is 0 Å². The molecule has 0 saturated heterocycles. The maximum absolute atomic E-state index is 15.5. The van der Waals surface area contributed by atoms with Gasteiger partial charge in [0.1, 0.15) is 17.2 Å². The van der Waals surface area contributed by atoms with Crippen LogP contribution in [0.5, 0.6) is 0 Å². The number of carbonyl (C=O) groups excluding carboxylic acids is 1. The van der Waals surface area contributed by atoms with Gasteiger partial charge in [-0.25, -0.2) is 23.5 Å². The van der Waals surface area contributed by atoms with Gasteiger partial charge in [-0.2, -0.15) is 8.42 Å². The van der Waals surface area contributed by atoms with Crippen LogP contribution in [-0.2, 0) is 28.2 Å². The van der Waals surface area contributed by atoms with Gasteiger partial charge in [0.2, 0.25) is 9.26 Å². The van der Waals surface area contributed by atoms with Gasteiger partial charge in [0.05, 0.1) is 40.9 Å². The van der Waals surface area contributed by atoms with Crippen molar-refractivity contribution in [2.24, 2.45) is 4.99 Å². The number of carbonyl (C=O) groups is 1. The molecule has 39 heavy (non-hydrogen) atoms. The summed E-state index contributed by atoms with van der Waals surface area (Å²) in [4.78, 5) is 17.9. The van der Waals surface area contributed by atoms with Crippen LogP contribution >= 0.6 is 11.6 Å². The Morgan fingerprint density at radius 2 is 1.95 bits per heavy atom. The van der Waals surface area contributed by atoms with Crippen LogP contribution in [0.3, 0.4) is 0 Å². The summed E-state index contributed by atoms with van der Waals surface area (Å²) < 4.78 is 63.5. The first kappa shape index (κ1) is 30.3. The van der Waals surface area contributed by atoms with E-state index in [4.69, 9.17) is 21.1 Å². The summed E-state index contributed by atoms with van der Waals surface area (Å²) in [6.07, 6.45) is 2.23. The summed E-state index contributed by atoms with van der Waals surface area (Å²) in [5.74, 6) is -1.47. The maximum Gasteiger partial charge on any atom is 0.420 e. The first-order valence-electron chi connectivity index (χ1n) is 11.7. The third kappa shape index (κ3) is 7.90. The highest BCUT2D eigenvalue weighted by molar-refractivity contribution is 8.42. The van der Waals surface area contributed by atoms with Crippen LogP contribution in [0.2, 0.25) is 5.02 Å². The quantitative estimate of drug-likeness (QED) is 0.335. The van der Waals surface area contributed by atoms with Crippen molar-refractivity contribution in [3.63, 3.8) is 0 Å². The minimum atomic E-state index is -2.51. The summed E-state index contributed by atoms with van der Waals surface area (Å²) in [5, 5.41) is 4.24. The van der Waals surface area contributed by atoms with Crippen LogP contribution in [0.15, 0.2) is 52.8 Å². The van der Waals surface area contributed by atoms with E-state index in [1.807, 2.05) is 6.92 Å². The molecule has 13 heteroatoms. The van der Waals surface area contributed by atoms with Crippen molar-refractivity contribution in [2.75, 3.05) is 16.8 Å². The van der Waals surface area contributed by atoms with Crippen molar-refractivity contribution in [2.45, 2.75) is 46.3 Å². The van der Waals surface area contributed by atoms with Crippen molar-refractivity contribution in [3.8, 4) is 0 Å². The van der Waals surface area contributed by atoms with Gasteiger partial charge in [-0.1, -0.05) is 17.7 Å². The smallest absolute Gasteiger partial charge is 0.420 e. The Bertz CT molecular complexity index is 1490. The molecule has 2 atom stereocenters. The number of aliphatic imine (C=N–C) groups is 1. The van der Waals surface area contributed by atoms with E-state index in [1.54, 1.807) is 45.9 Å². The molecule has 8 nitrogen and oxygen atoms in total. The molecule has 1 heterocycles. The van der Waals surface area contributed by atoms with Gasteiger partial charge in [-0.15, -0.1) is 0 Å². The summed E-state index contributed by atoms with van der Waals surface area (Å²) >= 11 is 6.47. The van der Waals surface area contributed by atoms with Crippen LogP contribution in [0, 0.1) is 11.6 Å². The number of amides is 1. The zero-order valence-corrected chi connectivity index (χ0v) is 24.3. The molecule has 1 N–H and O–H groups in total. The van der Waals surface area contributed by atoms with Gasteiger partial charge >= 0.3 is 6.09 Å². The molecule has 1 amide bonds. The van der Waals surface area contributed by atoms with Gasteiger partial charge in [-0.05, 0) is 64.5 Å². The number of anilines is 2. The number of rotatable bonds is 8. The Morgan fingerprint density at radius 1 is 1.23 bits per heavy atom. The molecule has 0 aliphatic carbocycles. The highest BCUT2D eigenvalue weighted by Crippen LogP contribution is 2.36. The largest absolute Gasteiger partial charge is 0.501 e. The fourth-order valence-electron chi connectivity index (χ4n) is 3.43. The monoisotopic (exact) mass is 599 g/mol. The number of hydrogen-bond acceptors (Lipinski definition) is 7. The predicted molar refractivity (Wildman–Crippen MR) is 152 cm³/mol. The van der Waals surface area contributed by atoms with Crippen molar-refractivity contribution < 1.29 is 31.5 Å². The molecular weight excluding hydrogens is 572 g/mol. The van der Waals surface area contributed by atoms with Crippen LogP contribution in [0.1, 0.15) is 51.8 Å². The maximum atomic E-state index is 15.5. The van der Waals surface area contributed by atoms with Crippen molar-refractivity contribution in [3.05, 3.63) is 75.6 Å². The molecule has 1 aliphatic rings. The van der Waals surface area contributed by atoms with Crippen LogP contribution in [0.4, 0.5) is 25.0 Å². The summed E-state index contributed by atoms with van der Waals surface area (Å²) in [6.45, 7) is 8.92. The van der Waals surface area contributed by atoms with E-state index >= 15 is 4.39 Å². The first-order chi connectivity index (χ1) is 18.3. The fourth-order valence-corrected chi connectivity index (χ4v) is 5.27. The predicted octanol–water partition coefficient (Wildman–Crippen LogP) is 6.79. The molecule has 0 spiro atoms. The molecule has 2 aromatic carbocycles. The molecular formula is C26H28ClF2N3O5S2. The van der Waals surface area contributed by atoms with E-state index < -0.39 is 48.1 Å². The molecule has 210 valence electrons. The Hall–Kier alpha value is -3.22. The summed E-state index contributed by atoms with van der Waals surface area (Å²) in [5.41, 5.74) is 1.07. The second-order valence-corrected chi connectivity index (χ2v) is 13.1. The Labute approximate surface area is 234 Å². The number of halogens is 3. The van der Waals surface area contributed by atoms with E-state index in [2.05, 4.69) is 10.3 Å². The van der Waals surface area contributed by atoms with Crippen molar-refractivity contribution >= 4 is 59.4 Å².